The van der Waals surface area contributed by atoms with E-state index in [9.17, 15) is 9.59 Å². The van der Waals surface area contributed by atoms with Crippen molar-refractivity contribution in [3.8, 4) is 11.3 Å². The van der Waals surface area contributed by atoms with E-state index in [1.165, 1.54) is 27.4 Å². The molecule has 0 fully saturated rings. The smallest absolute Gasteiger partial charge is 0.291 e. The first-order chi connectivity index (χ1) is 12.5. The fourth-order valence-electron chi connectivity index (χ4n) is 2.62. The van der Waals surface area contributed by atoms with Crippen molar-refractivity contribution in [1.29, 1.82) is 0 Å². The fourth-order valence-corrected chi connectivity index (χ4v) is 4.32. The monoisotopic (exact) mass is 401 g/mol. The Bertz CT molecular complexity index is 1160. The molecule has 0 radical (unpaired) electrons. The molecule has 3 heterocycles. The first-order valence-electron chi connectivity index (χ1n) is 7.74. The predicted octanol–water partition coefficient (Wildman–Crippen LogP) is 4.43. The Morgan fingerprint density at radius 3 is 2.69 bits per heavy atom. The van der Waals surface area contributed by atoms with Crippen molar-refractivity contribution >= 4 is 50.3 Å². The summed E-state index contributed by atoms with van der Waals surface area (Å²) in [5, 5.41) is 7.70. The first kappa shape index (κ1) is 17.1. The van der Waals surface area contributed by atoms with Crippen molar-refractivity contribution in [2.75, 3.05) is 0 Å². The van der Waals surface area contributed by atoms with Crippen LogP contribution in [0.1, 0.15) is 14.7 Å². The second-order valence-corrected chi connectivity index (χ2v) is 8.22. The maximum Gasteiger partial charge on any atom is 0.294 e. The predicted molar refractivity (Wildman–Crippen MR) is 106 cm³/mol. The Kier molecular flexibility index (Phi) is 4.44. The zero-order valence-electron chi connectivity index (χ0n) is 13.6. The Balaban J connectivity index is 1.88. The van der Waals surface area contributed by atoms with Crippen molar-refractivity contribution in [3.05, 3.63) is 67.0 Å². The van der Waals surface area contributed by atoms with E-state index in [4.69, 9.17) is 11.6 Å². The Labute approximate surface area is 161 Å². The number of aryl methyl sites for hydroxylation is 1. The number of halogens is 1. The van der Waals surface area contributed by atoms with Crippen molar-refractivity contribution in [1.82, 2.24) is 14.8 Å². The first-order valence-corrected chi connectivity index (χ1v) is 9.81. The van der Waals surface area contributed by atoms with Gasteiger partial charge < -0.3 is 0 Å². The van der Waals surface area contributed by atoms with E-state index in [-0.39, 0.29) is 17.9 Å². The molecule has 0 amide bonds. The molecular formula is C18H12ClN3O2S2. The quantitative estimate of drug-likeness (QED) is 0.474. The third-order valence-electron chi connectivity index (χ3n) is 3.81. The fraction of sp³-hybridized carbons (Fsp3) is 0.111. The lowest BCUT2D eigenvalue weighted by Crippen LogP contribution is -2.27. The number of aromatic nitrogens is 3. The lowest BCUT2D eigenvalue weighted by Gasteiger charge is -2.08. The van der Waals surface area contributed by atoms with Crippen LogP contribution in [-0.2, 0) is 6.54 Å². The van der Waals surface area contributed by atoms with Gasteiger partial charge in [0.05, 0.1) is 14.6 Å². The van der Waals surface area contributed by atoms with Crippen LogP contribution >= 0.6 is 34.3 Å². The molecular weight excluding hydrogens is 390 g/mol. The molecule has 4 aromatic rings. The molecule has 0 aliphatic carbocycles. The molecule has 4 rings (SSSR count). The Morgan fingerprint density at radius 1 is 1.23 bits per heavy atom. The average Bonchev–Trinajstić information content (AvgIpc) is 3.28. The van der Waals surface area contributed by atoms with E-state index in [1.807, 2.05) is 24.4 Å². The van der Waals surface area contributed by atoms with Gasteiger partial charge in [-0.1, -0.05) is 29.8 Å². The van der Waals surface area contributed by atoms with Gasteiger partial charge in [-0.2, -0.15) is 5.10 Å². The van der Waals surface area contributed by atoms with Gasteiger partial charge in [-0.25, -0.2) is 9.67 Å². The van der Waals surface area contributed by atoms with Gasteiger partial charge in [0.2, 0.25) is 0 Å². The van der Waals surface area contributed by atoms with Crippen molar-refractivity contribution < 1.29 is 4.79 Å². The summed E-state index contributed by atoms with van der Waals surface area (Å²) in [6, 6.07) is 10.8. The van der Waals surface area contributed by atoms with Crippen LogP contribution in [0.4, 0.5) is 0 Å². The van der Waals surface area contributed by atoms with Crippen LogP contribution in [0, 0.1) is 6.92 Å². The molecule has 5 nitrogen and oxygen atoms in total. The molecule has 0 saturated heterocycles. The maximum atomic E-state index is 12.8. The highest BCUT2D eigenvalue weighted by Crippen LogP contribution is 2.30. The number of nitrogens with zero attached hydrogens (tertiary/aromatic N) is 3. The lowest BCUT2D eigenvalue weighted by molar-refractivity contribution is 0.0970. The summed E-state index contributed by atoms with van der Waals surface area (Å²) < 4.78 is 1.92. The summed E-state index contributed by atoms with van der Waals surface area (Å²) >= 11 is 8.73. The summed E-state index contributed by atoms with van der Waals surface area (Å²) in [7, 11) is 0. The van der Waals surface area contributed by atoms with Crippen LogP contribution in [0.3, 0.4) is 0 Å². The zero-order chi connectivity index (χ0) is 18.3. The minimum atomic E-state index is -0.355. The SMILES string of the molecule is Cc1nc2c(=O)n(CC(=O)c3cccs3)nc(-c3ccc(Cl)cc3)c2s1. The molecule has 8 heteroatoms. The molecule has 0 atom stereocenters. The van der Waals surface area contributed by atoms with Gasteiger partial charge in [0.1, 0.15) is 12.2 Å². The van der Waals surface area contributed by atoms with Crippen LogP contribution < -0.4 is 5.56 Å². The number of fused-ring (bicyclic) bond motifs is 1. The molecule has 130 valence electrons. The summed E-state index contributed by atoms with van der Waals surface area (Å²) in [6.07, 6.45) is 0. The van der Waals surface area contributed by atoms with Crippen LogP contribution in [-0.4, -0.2) is 20.5 Å². The van der Waals surface area contributed by atoms with E-state index in [2.05, 4.69) is 10.1 Å². The van der Waals surface area contributed by atoms with Gasteiger partial charge in [0.25, 0.3) is 5.56 Å². The van der Waals surface area contributed by atoms with Crippen molar-refractivity contribution in [3.63, 3.8) is 0 Å². The van der Waals surface area contributed by atoms with Gasteiger partial charge >= 0.3 is 0 Å². The minimum Gasteiger partial charge on any atom is -0.291 e. The summed E-state index contributed by atoms with van der Waals surface area (Å²) in [4.78, 5) is 30.2. The van der Waals surface area contributed by atoms with E-state index in [0.29, 0.717) is 21.1 Å². The Morgan fingerprint density at radius 2 is 2.00 bits per heavy atom. The number of rotatable bonds is 4. The van der Waals surface area contributed by atoms with Gasteiger partial charge in [0.15, 0.2) is 11.3 Å². The number of benzene rings is 1. The zero-order valence-corrected chi connectivity index (χ0v) is 16.0. The van der Waals surface area contributed by atoms with Crippen molar-refractivity contribution in [2.24, 2.45) is 0 Å². The lowest BCUT2D eigenvalue weighted by atomic mass is 10.1. The van der Waals surface area contributed by atoms with E-state index in [1.54, 1.807) is 24.3 Å². The molecule has 0 aliphatic heterocycles. The van der Waals surface area contributed by atoms with Gasteiger partial charge in [-0.05, 0) is 30.5 Å². The molecule has 0 aliphatic rings. The summed E-state index contributed by atoms with van der Waals surface area (Å²) in [6.45, 7) is 1.73. The average molecular weight is 402 g/mol. The normalized spacial score (nSPS) is 11.2. The second-order valence-electron chi connectivity index (χ2n) is 5.63. The molecule has 0 N–H and O–H groups in total. The van der Waals surface area contributed by atoms with Gasteiger partial charge in [0, 0.05) is 10.6 Å². The largest absolute Gasteiger partial charge is 0.294 e. The van der Waals surface area contributed by atoms with Crippen LogP contribution in [0.5, 0.6) is 0 Å². The molecule has 3 aromatic heterocycles. The molecule has 0 saturated carbocycles. The van der Waals surface area contributed by atoms with Gasteiger partial charge in [-0.3, -0.25) is 9.59 Å². The van der Waals surface area contributed by atoms with Crippen LogP contribution in [0.25, 0.3) is 21.5 Å². The topological polar surface area (TPSA) is 64.8 Å². The number of hydrogen-bond acceptors (Lipinski definition) is 6. The van der Waals surface area contributed by atoms with E-state index in [0.717, 1.165) is 15.3 Å². The number of thiophene rings is 1. The number of carbonyl (C=O) groups excluding carboxylic acids is 1. The summed E-state index contributed by atoms with van der Waals surface area (Å²) in [5.41, 5.74) is 1.43. The summed E-state index contributed by atoms with van der Waals surface area (Å²) in [5.74, 6) is -0.150. The minimum absolute atomic E-state index is 0.119. The third kappa shape index (κ3) is 3.09. The molecule has 0 spiro atoms. The number of carbonyl (C=O) groups is 1. The standard InChI is InChI=1S/C18H12ClN3O2S2/c1-10-20-16-17(26-10)15(11-4-6-12(19)7-5-11)21-22(18(16)24)9-13(23)14-3-2-8-25-14/h2-8H,9H2,1H3. The molecule has 0 bridgehead atoms. The van der Waals surface area contributed by atoms with E-state index < -0.39 is 0 Å². The number of thiazole rings is 1. The molecule has 26 heavy (non-hydrogen) atoms. The number of Topliss-reactive ketones (excluding diaryl/α,β-unsaturated/α-hetero) is 1. The van der Waals surface area contributed by atoms with Crippen LogP contribution in [0.15, 0.2) is 46.6 Å². The number of ketones is 1. The van der Waals surface area contributed by atoms with Gasteiger partial charge in [-0.15, -0.1) is 22.7 Å². The van der Waals surface area contributed by atoms with Crippen molar-refractivity contribution in [2.45, 2.75) is 13.5 Å². The highest BCUT2D eigenvalue weighted by Gasteiger charge is 2.18. The second kappa shape index (κ2) is 6.75. The third-order valence-corrected chi connectivity index (χ3v) is 5.95. The van der Waals surface area contributed by atoms with Crippen LogP contribution in [0.2, 0.25) is 5.02 Å². The molecule has 0 unspecified atom stereocenters. The highest BCUT2D eigenvalue weighted by molar-refractivity contribution is 7.19. The molecule has 1 aromatic carbocycles. The van der Waals surface area contributed by atoms with E-state index >= 15 is 0 Å². The maximum absolute atomic E-state index is 12.8. The highest BCUT2D eigenvalue weighted by atomic mass is 35.5. The Hall–Kier alpha value is -2.35. The number of hydrogen-bond donors (Lipinski definition) is 0.